The molecule has 0 atom stereocenters. The SMILES string of the molecule is Cc1ccc(CN(C)C(=O)c2ccc(N3CCOCC3)c([N+](=O)[O-])c2)o1. The molecular weight excluding hydrogens is 338 g/mol. The second-order valence-electron chi connectivity index (χ2n) is 6.23. The van der Waals surface area contributed by atoms with Crippen molar-refractivity contribution in [3.8, 4) is 0 Å². The standard InChI is InChI=1S/C18H21N3O5/c1-13-3-5-15(26-13)12-19(2)18(22)14-4-6-16(17(11-14)21(23)24)20-7-9-25-10-8-20/h3-6,11H,7-10,12H2,1-2H3. The Morgan fingerprint density at radius 2 is 2.00 bits per heavy atom. The Labute approximate surface area is 151 Å². The summed E-state index contributed by atoms with van der Waals surface area (Å²) in [7, 11) is 1.64. The molecule has 1 aliphatic rings. The first-order valence-electron chi connectivity index (χ1n) is 8.37. The summed E-state index contributed by atoms with van der Waals surface area (Å²) in [5, 5.41) is 11.5. The molecule has 1 aromatic carbocycles. The molecule has 1 aromatic heterocycles. The average Bonchev–Trinajstić information content (AvgIpc) is 3.06. The van der Waals surface area contributed by atoms with Gasteiger partial charge in [0, 0.05) is 31.8 Å². The van der Waals surface area contributed by atoms with Crippen molar-refractivity contribution in [2.45, 2.75) is 13.5 Å². The molecule has 2 heterocycles. The quantitative estimate of drug-likeness (QED) is 0.602. The van der Waals surface area contributed by atoms with Crippen LogP contribution in [0.1, 0.15) is 21.9 Å². The lowest BCUT2D eigenvalue weighted by Crippen LogP contribution is -2.36. The first-order valence-corrected chi connectivity index (χ1v) is 8.37. The predicted molar refractivity (Wildman–Crippen MR) is 95.4 cm³/mol. The van der Waals surface area contributed by atoms with Gasteiger partial charge in [0.15, 0.2) is 0 Å². The fourth-order valence-corrected chi connectivity index (χ4v) is 2.97. The van der Waals surface area contributed by atoms with Gasteiger partial charge in [0.05, 0.1) is 24.7 Å². The van der Waals surface area contributed by atoms with E-state index in [-0.39, 0.29) is 17.2 Å². The Morgan fingerprint density at radius 1 is 1.27 bits per heavy atom. The topological polar surface area (TPSA) is 89.1 Å². The molecular formula is C18H21N3O5. The fraction of sp³-hybridized carbons (Fsp3) is 0.389. The number of hydrogen-bond acceptors (Lipinski definition) is 6. The highest BCUT2D eigenvalue weighted by Crippen LogP contribution is 2.30. The minimum atomic E-state index is -0.447. The van der Waals surface area contributed by atoms with Crippen LogP contribution in [0.5, 0.6) is 0 Å². The van der Waals surface area contributed by atoms with E-state index < -0.39 is 4.92 Å². The van der Waals surface area contributed by atoms with Gasteiger partial charge in [-0.25, -0.2) is 0 Å². The van der Waals surface area contributed by atoms with Crippen LogP contribution >= 0.6 is 0 Å². The molecule has 1 amide bonds. The summed E-state index contributed by atoms with van der Waals surface area (Å²) >= 11 is 0. The number of amides is 1. The number of furan rings is 1. The highest BCUT2D eigenvalue weighted by Gasteiger charge is 2.24. The Bertz CT molecular complexity index is 811. The molecule has 1 saturated heterocycles. The molecule has 138 valence electrons. The molecule has 0 bridgehead atoms. The van der Waals surface area contributed by atoms with Crippen LogP contribution in [0.4, 0.5) is 11.4 Å². The van der Waals surface area contributed by atoms with Crippen LogP contribution in [0.15, 0.2) is 34.7 Å². The van der Waals surface area contributed by atoms with Crippen molar-refractivity contribution in [3.63, 3.8) is 0 Å². The fourth-order valence-electron chi connectivity index (χ4n) is 2.97. The molecule has 0 radical (unpaired) electrons. The highest BCUT2D eigenvalue weighted by atomic mass is 16.6. The number of anilines is 1. The number of nitrogens with zero attached hydrogens (tertiary/aromatic N) is 3. The van der Waals surface area contributed by atoms with Gasteiger partial charge in [-0.15, -0.1) is 0 Å². The third-order valence-corrected chi connectivity index (χ3v) is 4.31. The monoisotopic (exact) mass is 359 g/mol. The molecule has 26 heavy (non-hydrogen) atoms. The van der Waals surface area contributed by atoms with Gasteiger partial charge < -0.3 is 19.0 Å². The molecule has 8 nitrogen and oxygen atoms in total. The van der Waals surface area contributed by atoms with Crippen molar-refractivity contribution < 1.29 is 18.9 Å². The number of rotatable bonds is 5. The third kappa shape index (κ3) is 3.85. The molecule has 2 aromatic rings. The third-order valence-electron chi connectivity index (χ3n) is 4.31. The van der Waals surface area contributed by atoms with Crippen LogP contribution in [-0.2, 0) is 11.3 Å². The number of aryl methyl sites for hydroxylation is 1. The number of nitro groups is 1. The van der Waals surface area contributed by atoms with Crippen molar-refractivity contribution >= 4 is 17.3 Å². The average molecular weight is 359 g/mol. The number of morpholine rings is 1. The second kappa shape index (κ2) is 7.57. The Morgan fingerprint density at radius 3 is 2.62 bits per heavy atom. The maximum Gasteiger partial charge on any atom is 0.293 e. The lowest BCUT2D eigenvalue weighted by molar-refractivity contribution is -0.384. The lowest BCUT2D eigenvalue weighted by Gasteiger charge is -2.28. The minimum Gasteiger partial charge on any atom is -0.464 e. The van der Waals surface area contributed by atoms with Gasteiger partial charge in [0.25, 0.3) is 11.6 Å². The number of benzene rings is 1. The van der Waals surface area contributed by atoms with E-state index in [9.17, 15) is 14.9 Å². The summed E-state index contributed by atoms with van der Waals surface area (Å²) in [5.74, 6) is 1.14. The van der Waals surface area contributed by atoms with Crippen LogP contribution in [0, 0.1) is 17.0 Å². The Hall–Kier alpha value is -2.87. The first kappa shape index (κ1) is 17.9. The van der Waals surface area contributed by atoms with Crippen LogP contribution in [-0.4, -0.2) is 49.1 Å². The van der Waals surface area contributed by atoms with E-state index in [0.29, 0.717) is 44.3 Å². The van der Waals surface area contributed by atoms with Crippen LogP contribution in [0.2, 0.25) is 0 Å². The molecule has 0 spiro atoms. The zero-order valence-corrected chi connectivity index (χ0v) is 14.8. The Balaban J connectivity index is 1.81. The minimum absolute atomic E-state index is 0.0695. The van der Waals surface area contributed by atoms with E-state index >= 15 is 0 Å². The molecule has 1 aliphatic heterocycles. The van der Waals surface area contributed by atoms with E-state index in [1.165, 1.54) is 11.0 Å². The second-order valence-corrected chi connectivity index (χ2v) is 6.23. The van der Waals surface area contributed by atoms with Crippen LogP contribution in [0.3, 0.4) is 0 Å². The number of carbonyl (C=O) groups excluding carboxylic acids is 1. The first-order chi connectivity index (χ1) is 12.5. The van der Waals surface area contributed by atoms with Gasteiger partial charge in [-0.2, -0.15) is 0 Å². The van der Waals surface area contributed by atoms with Gasteiger partial charge in [0.1, 0.15) is 17.2 Å². The van der Waals surface area contributed by atoms with Crippen molar-refractivity contribution in [3.05, 3.63) is 57.5 Å². The van der Waals surface area contributed by atoms with Crippen molar-refractivity contribution in [2.24, 2.45) is 0 Å². The van der Waals surface area contributed by atoms with Crippen molar-refractivity contribution in [1.29, 1.82) is 0 Å². The summed E-state index contributed by atoms with van der Waals surface area (Å²) in [6, 6.07) is 8.25. The van der Waals surface area contributed by atoms with E-state index in [2.05, 4.69) is 0 Å². The van der Waals surface area contributed by atoms with E-state index in [1.54, 1.807) is 19.2 Å². The van der Waals surface area contributed by atoms with Crippen molar-refractivity contribution in [2.75, 3.05) is 38.3 Å². The molecule has 0 unspecified atom stereocenters. The van der Waals surface area contributed by atoms with Crippen LogP contribution in [0.25, 0.3) is 0 Å². The highest BCUT2D eigenvalue weighted by molar-refractivity contribution is 5.95. The van der Waals surface area contributed by atoms with Crippen LogP contribution < -0.4 is 4.90 Å². The maximum absolute atomic E-state index is 12.6. The van der Waals surface area contributed by atoms with Gasteiger partial charge in [-0.3, -0.25) is 14.9 Å². The summed E-state index contributed by atoms with van der Waals surface area (Å²) in [4.78, 5) is 27.1. The maximum atomic E-state index is 12.6. The molecule has 0 N–H and O–H groups in total. The number of nitro benzene ring substituents is 1. The number of hydrogen-bond donors (Lipinski definition) is 0. The Kier molecular flexibility index (Phi) is 5.22. The van der Waals surface area contributed by atoms with Gasteiger partial charge >= 0.3 is 0 Å². The van der Waals surface area contributed by atoms with Gasteiger partial charge in [0.2, 0.25) is 0 Å². The lowest BCUT2D eigenvalue weighted by atomic mass is 10.1. The zero-order chi connectivity index (χ0) is 18.7. The van der Waals surface area contributed by atoms with E-state index in [1.807, 2.05) is 24.0 Å². The molecule has 0 saturated carbocycles. The molecule has 0 aliphatic carbocycles. The van der Waals surface area contributed by atoms with E-state index in [4.69, 9.17) is 9.15 Å². The summed E-state index contributed by atoms with van der Waals surface area (Å²) in [5.41, 5.74) is 0.721. The summed E-state index contributed by atoms with van der Waals surface area (Å²) in [6.45, 7) is 4.37. The van der Waals surface area contributed by atoms with E-state index in [0.717, 1.165) is 5.76 Å². The number of ether oxygens (including phenoxy) is 1. The molecule has 1 fully saturated rings. The van der Waals surface area contributed by atoms with Gasteiger partial charge in [-0.05, 0) is 31.2 Å². The normalized spacial score (nSPS) is 14.3. The molecule has 8 heteroatoms. The smallest absolute Gasteiger partial charge is 0.293 e. The zero-order valence-electron chi connectivity index (χ0n) is 14.8. The molecule has 3 rings (SSSR count). The predicted octanol–water partition coefficient (Wildman–Crippen LogP) is 2.61. The largest absolute Gasteiger partial charge is 0.464 e. The number of carbonyl (C=O) groups is 1. The summed E-state index contributed by atoms with van der Waals surface area (Å²) < 4.78 is 10.8. The van der Waals surface area contributed by atoms with Gasteiger partial charge in [-0.1, -0.05) is 0 Å². The van der Waals surface area contributed by atoms with Crippen molar-refractivity contribution in [1.82, 2.24) is 4.90 Å². The summed E-state index contributed by atoms with van der Waals surface area (Å²) in [6.07, 6.45) is 0.